The van der Waals surface area contributed by atoms with Gasteiger partial charge in [-0.3, -0.25) is 4.99 Å². The monoisotopic (exact) mass is 341 g/mol. The van der Waals surface area contributed by atoms with E-state index in [0.29, 0.717) is 0 Å². The van der Waals surface area contributed by atoms with Gasteiger partial charge in [0, 0.05) is 54.3 Å². The molecule has 0 atom stereocenters. The molecule has 0 N–H and O–H groups in total. The molecule has 0 radical (unpaired) electrons. The number of hydrogen-bond donors (Lipinski definition) is 0. The average Bonchev–Trinajstić information content (AvgIpc) is 2.99. The number of aromatic nitrogens is 1. The SMILES string of the molecule is CCn1c2ccccc2c2cc(C=Nc3ccc(N(C)C)cc3)ccc21. The van der Waals surface area contributed by atoms with Crippen molar-refractivity contribution in [1.82, 2.24) is 4.57 Å². The smallest absolute Gasteiger partial charge is 0.0631 e. The minimum absolute atomic E-state index is 0.965. The molecular weight excluding hydrogens is 318 g/mol. The van der Waals surface area contributed by atoms with E-state index < -0.39 is 0 Å². The minimum Gasteiger partial charge on any atom is -0.378 e. The van der Waals surface area contributed by atoms with Gasteiger partial charge in [0.25, 0.3) is 0 Å². The lowest BCUT2D eigenvalue weighted by Gasteiger charge is -2.11. The van der Waals surface area contributed by atoms with Crippen LogP contribution in [0.3, 0.4) is 0 Å². The average molecular weight is 341 g/mol. The summed E-state index contributed by atoms with van der Waals surface area (Å²) in [5.41, 5.74) is 5.83. The lowest BCUT2D eigenvalue weighted by atomic mass is 10.1. The number of aryl methyl sites for hydroxylation is 1. The topological polar surface area (TPSA) is 20.5 Å². The van der Waals surface area contributed by atoms with E-state index in [4.69, 9.17) is 0 Å². The predicted octanol–water partition coefficient (Wildman–Crippen LogP) is 5.63. The Labute approximate surface area is 154 Å². The van der Waals surface area contributed by atoms with Crippen molar-refractivity contribution < 1.29 is 0 Å². The van der Waals surface area contributed by atoms with Crippen LogP contribution in [0.4, 0.5) is 11.4 Å². The van der Waals surface area contributed by atoms with Crippen molar-refractivity contribution in [1.29, 1.82) is 0 Å². The Hall–Kier alpha value is -3.07. The number of para-hydroxylation sites is 1. The second kappa shape index (κ2) is 6.68. The zero-order valence-corrected chi connectivity index (χ0v) is 15.5. The fourth-order valence-corrected chi connectivity index (χ4v) is 3.48. The summed E-state index contributed by atoms with van der Waals surface area (Å²) in [7, 11) is 4.08. The highest BCUT2D eigenvalue weighted by atomic mass is 15.1. The molecule has 0 unspecified atom stereocenters. The molecule has 130 valence electrons. The fraction of sp³-hybridized carbons (Fsp3) is 0.174. The molecule has 0 saturated carbocycles. The van der Waals surface area contributed by atoms with Crippen LogP contribution >= 0.6 is 0 Å². The van der Waals surface area contributed by atoms with E-state index in [2.05, 4.69) is 76.0 Å². The lowest BCUT2D eigenvalue weighted by molar-refractivity contribution is 0.827. The van der Waals surface area contributed by atoms with Crippen molar-refractivity contribution in [2.24, 2.45) is 4.99 Å². The minimum atomic E-state index is 0.965. The Morgan fingerprint density at radius 1 is 0.885 bits per heavy atom. The number of anilines is 1. The van der Waals surface area contributed by atoms with Gasteiger partial charge in [-0.2, -0.15) is 0 Å². The molecule has 0 bridgehead atoms. The molecule has 0 fully saturated rings. The highest BCUT2D eigenvalue weighted by molar-refractivity contribution is 6.09. The molecule has 4 rings (SSSR count). The third-order valence-electron chi connectivity index (χ3n) is 4.84. The number of benzene rings is 3. The molecular formula is C23H23N3. The second-order valence-corrected chi connectivity index (χ2v) is 6.71. The van der Waals surface area contributed by atoms with Crippen LogP contribution in [0, 0.1) is 0 Å². The largest absolute Gasteiger partial charge is 0.378 e. The van der Waals surface area contributed by atoms with Gasteiger partial charge in [0.1, 0.15) is 0 Å². The first kappa shape index (κ1) is 16.4. The molecule has 1 aromatic heterocycles. The number of hydrogen-bond acceptors (Lipinski definition) is 2. The molecule has 0 saturated heterocycles. The lowest BCUT2D eigenvalue weighted by Crippen LogP contribution is -2.07. The van der Waals surface area contributed by atoms with E-state index in [9.17, 15) is 0 Å². The van der Waals surface area contributed by atoms with Crippen molar-refractivity contribution >= 4 is 39.4 Å². The Kier molecular flexibility index (Phi) is 4.21. The van der Waals surface area contributed by atoms with E-state index in [0.717, 1.165) is 17.8 Å². The maximum atomic E-state index is 4.64. The normalized spacial score (nSPS) is 11.7. The number of rotatable bonds is 4. The van der Waals surface area contributed by atoms with Gasteiger partial charge < -0.3 is 9.47 Å². The standard InChI is InChI=1S/C23H23N3/c1-4-26-22-8-6-5-7-20(22)21-15-17(9-14-23(21)26)16-24-18-10-12-19(13-11-18)25(2)3/h5-16H,4H2,1-3H3. The molecule has 3 nitrogen and oxygen atoms in total. The summed E-state index contributed by atoms with van der Waals surface area (Å²) in [6.07, 6.45) is 1.95. The molecule has 3 aromatic carbocycles. The quantitative estimate of drug-likeness (QED) is 0.441. The van der Waals surface area contributed by atoms with Crippen molar-refractivity contribution in [3.05, 3.63) is 72.3 Å². The molecule has 0 spiro atoms. The molecule has 1 heterocycles. The van der Waals surface area contributed by atoms with E-state index >= 15 is 0 Å². The maximum absolute atomic E-state index is 4.64. The summed E-state index contributed by atoms with van der Waals surface area (Å²) < 4.78 is 2.37. The van der Waals surface area contributed by atoms with Gasteiger partial charge in [0.05, 0.1) is 5.69 Å². The number of aliphatic imine (C=N–C) groups is 1. The van der Waals surface area contributed by atoms with Crippen LogP contribution in [0.15, 0.2) is 71.7 Å². The molecule has 26 heavy (non-hydrogen) atoms. The first-order valence-electron chi connectivity index (χ1n) is 9.00. The van der Waals surface area contributed by atoms with Crippen LogP contribution < -0.4 is 4.90 Å². The van der Waals surface area contributed by atoms with E-state index in [1.807, 2.05) is 32.4 Å². The van der Waals surface area contributed by atoms with Crippen LogP contribution in [0.2, 0.25) is 0 Å². The molecule has 4 aromatic rings. The highest BCUT2D eigenvalue weighted by Crippen LogP contribution is 2.29. The van der Waals surface area contributed by atoms with Crippen molar-refractivity contribution in [2.45, 2.75) is 13.5 Å². The third-order valence-corrected chi connectivity index (χ3v) is 4.84. The predicted molar refractivity (Wildman–Crippen MR) is 113 cm³/mol. The van der Waals surface area contributed by atoms with Crippen LogP contribution in [0.1, 0.15) is 12.5 Å². The van der Waals surface area contributed by atoms with Gasteiger partial charge in [-0.25, -0.2) is 0 Å². The van der Waals surface area contributed by atoms with E-state index in [1.54, 1.807) is 0 Å². The van der Waals surface area contributed by atoms with Gasteiger partial charge in [0.2, 0.25) is 0 Å². The van der Waals surface area contributed by atoms with Crippen molar-refractivity contribution in [3.8, 4) is 0 Å². The molecule has 0 aliphatic heterocycles. The maximum Gasteiger partial charge on any atom is 0.0631 e. The fourth-order valence-electron chi connectivity index (χ4n) is 3.48. The van der Waals surface area contributed by atoms with E-state index in [-0.39, 0.29) is 0 Å². The summed E-state index contributed by atoms with van der Waals surface area (Å²) in [5.74, 6) is 0. The number of nitrogens with zero attached hydrogens (tertiary/aromatic N) is 3. The van der Waals surface area contributed by atoms with Crippen LogP contribution in [0.5, 0.6) is 0 Å². The Morgan fingerprint density at radius 3 is 2.35 bits per heavy atom. The summed E-state index contributed by atoms with van der Waals surface area (Å²) >= 11 is 0. The van der Waals surface area contributed by atoms with Gasteiger partial charge in [-0.15, -0.1) is 0 Å². The van der Waals surface area contributed by atoms with Crippen molar-refractivity contribution in [3.63, 3.8) is 0 Å². The molecule has 0 aliphatic carbocycles. The van der Waals surface area contributed by atoms with E-state index in [1.165, 1.54) is 27.5 Å². The van der Waals surface area contributed by atoms with Gasteiger partial charge in [-0.1, -0.05) is 24.3 Å². The zero-order valence-electron chi connectivity index (χ0n) is 15.5. The van der Waals surface area contributed by atoms with Gasteiger partial charge in [-0.05, 0) is 55.0 Å². The second-order valence-electron chi connectivity index (χ2n) is 6.71. The Morgan fingerprint density at radius 2 is 1.62 bits per heavy atom. The summed E-state index contributed by atoms with van der Waals surface area (Å²) in [6, 6.07) is 23.5. The van der Waals surface area contributed by atoms with Gasteiger partial charge >= 0.3 is 0 Å². The molecule has 0 amide bonds. The van der Waals surface area contributed by atoms with Gasteiger partial charge in [0.15, 0.2) is 0 Å². The Balaban J connectivity index is 1.72. The number of fused-ring (bicyclic) bond motifs is 3. The Bertz CT molecular complexity index is 1090. The van der Waals surface area contributed by atoms with Crippen LogP contribution in [0.25, 0.3) is 21.8 Å². The molecule has 3 heteroatoms. The summed E-state index contributed by atoms with van der Waals surface area (Å²) in [6.45, 7) is 3.16. The van der Waals surface area contributed by atoms with Crippen LogP contribution in [-0.4, -0.2) is 24.9 Å². The van der Waals surface area contributed by atoms with Crippen molar-refractivity contribution in [2.75, 3.05) is 19.0 Å². The highest BCUT2D eigenvalue weighted by Gasteiger charge is 2.09. The third kappa shape index (κ3) is 2.86. The molecule has 0 aliphatic rings. The van der Waals surface area contributed by atoms with Crippen LogP contribution in [-0.2, 0) is 6.54 Å². The zero-order chi connectivity index (χ0) is 18.1. The summed E-state index contributed by atoms with van der Waals surface area (Å²) in [5, 5.41) is 2.59. The first-order valence-corrected chi connectivity index (χ1v) is 9.00. The first-order chi connectivity index (χ1) is 12.7. The summed E-state index contributed by atoms with van der Waals surface area (Å²) in [4.78, 5) is 6.73.